The molecule has 1 aromatic heterocycles. The molecule has 1 fully saturated rings. The first-order valence-electron chi connectivity index (χ1n) is 5.74. The van der Waals surface area contributed by atoms with E-state index >= 15 is 0 Å². The van der Waals surface area contributed by atoms with Crippen LogP contribution in [-0.4, -0.2) is 40.0 Å². The van der Waals surface area contributed by atoms with E-state index in [1.54, 1.807) is 6.20 Å². The maximum absolute atomic E-state index is 11.9. The summed E-state index contributed by atoms with van der Waals surface area (Å²) in [5.74, 6) is 2.62. The van der Waals surface area contributed by atoms with Crippen molar-refractivity contribution in [2.75, 3.05) is 23.4 Å². The van der Waals surface area contributed by atoms with E-state index in [-0.39, 0.29) is 11.9 Å². The summed E-state index contributed by atoms with van der Waals surface area (Å²) in [6, 6.07) is 0.275. The Hall–Kier alpha value is -1.30. The molecule has 92 valence electrons. The maximum Gasteiger partial charge on any atom is 0.271 e. The van der Waals surface area contributed by atoms with Gasteiger partial charge in [0.05, 0.1) is 12.4 Å². The molecule has 1 atom stereocenters. The number of nitrogens with one attached hydrogen (secondary N) is 2. The van der Waals surface area contributed by atoms with E-state index in [0.717, 1.165) is 24.5 Å². The molecule has 1 aliphatic rings. The van der Waals surface area contributed by atoms with Crippen LogP contribution in [0.5, 0.6) is 0 Å². The number of carbonyl (C=O) groups excluding carboxylic acids is 1. The average molecular weight is 252 g/mol. The predicted octanol–water partition coefficient (Wildman–Crippen LogP) is 1.14. The van der Waals surface area contributed by atoms with Crippen LogP contribution in [0.3, 0.4) is 0 Å². The fraction of sp³-hybridized carbons (Fsp3) is 0.545. The van der Waals surface area contributed by atoms with Crippen LogP contribution in [0.4, 0.5) is 5.82 Å². The first-order chi connectivity index (χ1) is 8.29. The molecule has 1 aliphatic heterocycles. The highest BCUT2D eigenvalue weighted by molar-refractivity contribution is 7.99. The minimum absolute atomic E-state index is 0.134. The van der Waals surface area contributed by atoms with Crippen molar-refractivity contribution in [2.24, 2.45) is 0 Å². The maximum atomic E-state index is 11.9. The van der Waals surface area contributed by atoms with Crippen LogP contribution in [0.25, 0.3) is 0 Å². The number of nitrogens with zero attached hydrogens (tertiary/aromatic N) is 2. The van der Waals surface area contributed by atoms with Crippen molar-refractivity contribution in [3.8, 4) is 0 Å². The third-order valence-electron chi connectivity index (χ3n) is 2.49. The van der Waals surface area contributed by atoms with Crippen molar-refractivity contribution in [2.45, 2.75) is 19.4 Å². The number of carbonyl (C=O) groups is 1. The summed E-state index contributed by atoms with van der Waals surface area (Å²) in [4.78, 5) is 20.1. The number of rotatable bonds is 4. The first-order valence-corrected chi connectivity index (χ1v) is 6.89. The van der Waals surface area contributed by atoms with Gasteiger partial charge in [0.15, 0.2) is 0 Å². The SMILES string of the molecule is CCNc1cncc(C(=O)NC2CCSC2)n1. The van der Waals surface area contributed by atoms with Gasteiger partial charge in [0, 0.05) is 18.3 Å². The molecule has 1 saturated heterocycles. The van der Waals surface area contributed by atoms with Gasteiger partial charge in [-0.25, -0.2) is 4.98 Å². The minimum atomic E-state index is -0.134. The minimum Gasteiger partial charge on any atom is -0.369 e. The van der Waals surface area contributed by atoms with E-state index in [4.69, 9.17) is 0 Å². The van der Waals surface area contributed by atoms with E-state index in [0.29, 0.717) is 11.5 Å². The normalized spacial score (nSPS) is 19.0. The lowest BCUT2D eigenvalue weighted by Gasteiger charge is -2.11. The van der Waals surface area contributed by atoms with Crippen LogP contribution in [-0.2, 0) is 0 Å². The summed E-state index contributed by atoms with van der Waals surface area (Å²) in [5, 5.41) is 6.01. The zero-order chi connectivity index (χ0) is 12.1. The quantitative estimate of drug-likeness (QED) is 0.841. The van der Waals surface area contributed by atoms with Crippen LogP contribution in [0.1, 0.15) is 23.8 Å². The topological polar surface area (TPSA) is 66.9 Å². The molecule has 2 heterocycles. The van der Waals surface area contributed by atoms with Gasteiger partial charge in [-0.1, -0.05) is 0 Å². The Morgan fingerprint density at radius 1 is 1.59 bits per heavy atom. The molecule has 6 heteroatoms. The fourth-order valence-electron chi connectivity index (χ4n) is 1.65. The zero-order valence-corrected chi connectivity index (χ0v) is 10.6. The molecule has 0 bridgehead atoms. The third-order valence-corrected chi connectivity index (χ3v) is 3.65. The van der Waals surface area contributed by atoms with E-state index in [1.165, 1.54) is 6.20 Å². The highest BCUT2D eigenvalue weighted by Gasteiger charge is 2.19. The summed E-state index contributed by atoms with van der Waals surface area (Å²) in [5.41, 5.74) is 0.375. The average Bonchev–Trinajstić information content (AvgIpc) is 2.83. The largest absolute Gasteiger partial charge is 0.369 e. The molecule has 1 unspecified atom stereocenters. The molecular formula is C11H16N4OS. The number of thioether (sulfide) groups is 1. The summed E-state index contributed by atoms with van der Waals surface area (Å²) in [6.07, 6.45) is 4.15. The van der Waals surface area contributed by atoms with Crippen LogP contribution < -0.4 is 10.6 Å². The number of aromatic nitrogens is 2. The van der Waals surface area contributed by atoms with E-state index in [1.807, 2.05) is 18.7 Å². The number of amides is 1. The molecular weight excluding hydrogens is 236 g/mol. The van der Waals surface area contributed by atoms with Gasteiger partial charge in [0.1, 0.15) is 11.5 Å². The number of hydrogen-bond acceptors (Lipinski definition) is 5. The Morgan fingerprint density at radius 3 is 3.18 bits per heavy atom. The molecule has 0 aromatic carbocycles. The molecule has 0 aliphatic carbocycles. The molecule has 17 heavy (non-hydrogen) atoms. The second-order valence-corrected chi connectivity index (χ2v) is 5.00. The zero-order valence-electron chi connectivity index (χ0n) is 9.77. The second-order valence-electron chi connectivity index (χ2n) is 3.85. The smallest absolute Gasteiger partial charge is 0.271 e. The highest BCUT2D eigenvalue weighted by atomic mass is 32.2. The van der Waals surface area contributed by atoms with E-state index in [2.05, 4.69) is 20.6 Å². The van der Waals surface area contributed by atoms with Crippen LogP contribution in [0, 0.1) is 0 Å². The van der Waals surface area contributed by atoms with Crippen molar-refractivity contribution in [3.05, 3.63) is 18.1 Å². The Labute approximate surface area is 105 Å². The van der Waals surface area contributed by atoms with Crippen LogP contribution >= 0.6 is 11.8 Å². The van der Waals surface area contributed by atoms with E-state index in [9.17, 15) is 4.79 Å². The fourth-order valence-corrected chi connectivity index (χ4v) is 2.80. The van der Waals surface area contributed by atoms with Crippen LogP contribution in [0.15, 0.2) is 12.4 Å². The molecule has 0 radical (unpaired) electrons. The lowest BCUT2D eigenvalue weighted by Crippen LogP contribution is -2.35. The summed E-state index contributed by atoms with van der Waals surface area (Å²) >= 11 is 1.87. The summed E-state index contributed by atoms with van der Waals surface area (Å²) < 4.78 is 0. The third kappa shape index (κ3) is 3.33. The molecule has 2 N–H and O–H groups in total. The Bertz CT molecular complexity index is 393. The van der Waals surface area contributed by atoms with Gasteiger partial charge in [0.2, 0.25) is 0 Å². The molecule has 1 aromatic rings. The molecule has 0 saturated carbocycles. The van der Waals surface area contributed by atoms with Crippen LogP contribution in [0.2, 0.25) is 0 Å². The van der Waals surface area contributed by atoms with Crippen molar-refractivity contribution in [1.82, 2.24) is 15.3 Å². The Morgan fingerprint density at radius 2 is 2.47 bits per heavy atom. The van der Waals surface area contributed by atoms with Gasteiger partial charge in [-0.3, -0.25) is 9.78 Å². The lowest BCUT2D eigenvalue weighted by molar-refractivity contribution is 0.0936. The Kier molecular flexibility index (Phi) is 4.19. The van der Waals surface area contributed by atoms with Gasteiger partial charge in [-0.05, 0) is 19.1 Å². The first kappa shape index (κ1) is 12.2. The lowest BCUT2D eigenvalue weighted by atomic mass is 10.2. The number of hydrogen-bond donors (Lipinski definition) is 2. The van der Waals surface area contributed by atoms with Gasteiger partial charge in [-0.2, -0.15) is 11.8 Å². The summed E-state index contributed by atoms with van der Waals surface area (Å²) in [6.45, 7) is 2.74. The monoisotopic (exact) mass is 252 g/mol. The molecule has 1 amide bonds. The second kappa shape index (κ2) is 5.86. The standard InChI is InChI=1S/C11H16N4OS/c1-2-13-10-6-12-5-9(15-10)11(16)14-8-3-4-17-7-8/h5-6,8H,2-4,7H2,1H3,(H,13,15)(H,14,16). The van der Waals surface area contributed by atoms with Crippen molar-refractivity contribution >= 4 is 23.5 Å². The van der Waals surface area contributed by atoms with Crippen molar-refractivity contribution in [3.63, 3.8) is 0 Å². The van der Waals surface area contributed by atoms with Gasteiger partial charge in [-0.15, -0.1) is 0 Å². The highest BCUT2D eigenvalue weighted by Crippen LogP contribution is 2.17. The van der Waals surface area contributed by atoms with E-state index < -0.39 is 0 Å². The van der Waals surface area contributed by atoms with Crippen molar-refractivity contribution < 1.29 is 4.79 Å². The van der Waals surface area contributed by atoms with Gasteiger partial charge >= 0.3 is 0 Å². The Balaban J connectivity index is 1.99. The van der Waals surface area contributed by atoms with Crippen molar-refractivity contribution in [1.29, 1.82) is 0 Å². The van der Waals surface area contributed by atoms with Gasteiger partial charge < -0.3 is 10.6 Å². The predicted molar refractivity (Wildman–Crippen MR) is 69.4 cm³/mol. The molecule has 0 spiro atoms. The molecule has 2 rings (SSSR count). The molecule has 5 nitrogen and oxygen atoms in total. The van der Waals surface area contributed by atoms with Gasteiger partial charge in [0.25, 0.3) is 5.91 Å². The summed E-state index contributed by atoms with van der Waals surface area (Å²) in [7, 11) is 0. The number of anilines is 1.